The normalized spacial score (nSPS) is 13.7. The van der Waals surface area contributed by atoms with Gasteiger partial charge in [0.15, 0.2) is 12.2 Å². The van der Waals surface area contributed by atoms with Crippen LogP contribution >= 0.6 is 15.6 Å². The van der Waals surface area contributed by atoms with Gasteiger partial charge in [-0.3, -0.25) is 37.3 Å². The first-order chi connectivity index (χ1) is 54.0. The zero-order valence-corrected chi connectivity index (χ0v) is 74.9. The number of unbranched alkanes of at least 4 members (excludes halogenated alkanes) is 64. The van der Waals surface area contributed by atoms with E-state index in [9.17, 15) is 43.2 Å². The van der Waals surface area contributed by atoms with Crippen molar-refractivity contribution >= 4 is 39.5 Å². The summed E-state index contributed by atoms with van der Waals surface area (Å²) in [5, 5.41) is 10.7. The van der Waals surface area contributed by atoms with E-state index in [1.807, 2.05) is 0 Å². The molecule has 0 aliphatic carbocycles. The van der Waals surface area contributed by atoms with Crippen LogP contribution in [0.3, 0.4) is 0 Å². The van der Waals surface area contributed by atoms with Gasteiger partial charge in [-0.05, 0) is 31.6 Å². The monoisotopic (exact) mass is 1620 g/mol. The average Bonchev–Trinajstić information content (AvgIpc) is 0.899. The van der Waals surface area contributed by atoms with E-state index < -0.39 is 97.5 Å². The lowest BCUT2D eigenvalue weighted by Gasteiger charge is -2.21. The Morgan fingerprint density at radius 3 is 0.613 bits per heavy atom. The molecule has 660 valence electrons. The van der Waals surface area contributed by atoms with Crippen molar-refractivity contribution in [2.75, 3.05) is 39.6 Å². The lowest BCUT2D eigenvalue weighted by molar-refractivity contribution is -0.161. The second-order valence-corrected chi connectivity index (χ2v) is 36.4. The van der Waals surface area contributed by atoms with Crippen LogP contribution in [-0.2, 0) is 65.4 Å². The van der Waals surface area contributed by atoms with Gasteiger partial charge >= 0.3 is 39.5 Å². The predicted octanol–water partition coefficient (Wildman–Crippen LogP) is 28.7. The number of aliphatic hydroxyl groups excluding tert-OH is 1. The molecular formula is C92H180O17P2. The van der Waals surface area contributed by atoms with Gasteiger partial charge in [-0.15, -0.1) is 0 Å². The first-order valence-electron chi connectivity index (χ1n) is 47.6. The molecule has 0 fully saturated rings. The Morgan fingerprint density at radius 1 is 0.243 bits per heavy atom. The number of hydrogen-bond acceptors (Lipinski definition) is 15. The molecule has 0 saturated heterocycles. The smallest absolute Gasteiger partial charge is 0.462 e. The fourth-order valence-electron chi connectivity index (χ4n) is 14.5. The number of phosphoric ester groups is 2. The summed E-state index contributed by atoms with van der Waals surface area (Å²) in [6.07, 6.45) is 80.7. The van der Waals surface area contributed by atoms with Crippen molar-refractivity contribution in [3.05, 3.63) is 0 Å². The second-order valence-electron chi connectivity index (χ2n) is 33.5. The SMILES string of the molecule is CCCCCCCCCCCCCCCCCCCCCCCCC(=O)O[C@H](COC(=O)CCCCCCCCCCCCCCCCCCCCCC)COP(=O)(O)OC[C@@H](O)COP(=O)(O)OC[C@@H](COC(=O)CCCCCCCCCCCCCC)OC(=O)CCCCCCCCCCCCCCCCC(C)C. The highest BCUT2D eigenvalue weighted by Gasteiger charge is 2.31. The third kappa shape index (κ3) is 85.8. The zero-order chi connectivity index (χ0) is 81.1. The molecule has 0 aliphatic rings. The van der Waals surface area contributed by atoms with Crippen LogP contribution in [0, 0.1) is 5.92 Å². The molecule has 0 aliphatic heterocycles. The van der Waals surface area contributed by atoms with Crippen molar-refractivity contribution in [2.24, 2.45) is 5.92 Å². The fourth-order valence-corrected chi connectivity index (χ4v) is 16.1. The quantitative estimate of drug-likeness (QED) is 0.0222. The Morgan fingerprint density at radius 2 is 0.414 bits per heavy atom. The minimum atomic E-state index is -4.97. The summed E-state index contributed by atoms with van der Waals surface area (Å²) in [4.78, 5) is 73.5. The molecule has 3 N–H and O–H groups in total. The Kier molecular flexibility index (Phi) is 83.0. The van der Waals surface area contributed by atoms with Gasteiger partial charge in [0.25, 0.3) is 0 Å². The molecule has 0 radical (unpaired) electrons. The third-order valence-corrected chi connectivity index (χ3v) is 23.7. The fraction of sp³-hybridized carbons (Fsp3) is 0.957. The second kappa shape index (κ2) is 84.5. The van der Waals surface area contributed by atoms with Gasteiger partial charge in [0.1, 0.15) is 19.3 Å². The lowest BCUT2D eigenvalue weighted by Crippen LogP contribution is -2.30. The molecule has 0 heterocycles. The predicted molar refractivity (Wildman–Crippen MR) is 460 cm³/mol. The number of rotatable bonds is 92. The van der Waals surface area contributed by atoms with Gasteiger partial charge in [-0.25, -0.2) is 9.13 Å². The number of phosphoric acid groups is 2. The van der Waals surface area contributed by atoms with Crippen molar-refractivity contribution in [1.82, 2.24) is 0 Å². The van der Waals surface area contributed by atoms with E-state index in [4.69, 9.17) is 37.0 Å². The molecule has 0 spiro atoms. The Hall–Kier alpha value is -1.94. The van der Waals surface area contributed by atoms with Gasteiger partial charge in [0.2, 0.25) is 0 Å². The molecule has 0 aromatic heterocycles. The summed E-state index contributed by atoms with van der Waals surface area (Å²) in [6.45, 7) is 7.42. The Balaban J connectivity index is 5.24. The van der Waals surface area contributed by atoms with Crippen LogP contribution in [0.2, 0.25) is 0 Å². The Labute approximate surface area is 683 Å². The summed E-state index contributed by atoms with van der Waals surface area (Å²) in [7, 11) is -9.94. The van der Waals surface area contributed by atoms with Gasteiger partial charge in [0.05, 0.1) is 26.4 Å². The minimum absolute atomic E-state index is 0.108. The molecule has 0 aromatic carbocycles. The number of hydrogen-bond donors (Lipinski definition) is 3. The largest absolute Gasteiger partial charge is 0.472 e. The first-order valence-corrected chi connectivity index (χ1v) is 50.6. The maximum Gasteiger partial charge on any atom is 0.472 e. The van der Waals surface area contributed by atoms with Gasteiger partial charge in [0, 0.05) is 25.7 Å². The molecule has 0 saturated carbocycles. The van der Waals surface area contributed by atoms with E-state index in [-0.39, 0.29) is 25.7 Å². The highest BCUT2D eigenvalue weighted by Crippen LogP contribution is 2.45. The van der Waals surface area contributed by atoms with E-state index >= 15 is 0 Å². The molecule has 0 rings (SSSR count). The van der Waals surface area contributed by atoms with Crippen LogP contribution in [0.15, 0.2) is 0 Å². The average molecular weight is 1620 g/mol. The van der Waals surface area contributed by atoms with E-state index in [1.54, 1.807) is 0 Å². The van der Waals surface area contributed by atoms with Crippen molar-refractivity contribution in [3.63, 3.8) is 0 Å². The molecule has 17 nitrogen and oxygen atoms in total. The molecule has 2 unspecified atom stereocenters. The molecule has 0 aromatic rings. The lowest BCUT2D eigenvalue weighted by atomic mass is 10.0. The maximum absolute atomic E-state index is 13.2. The highest BCUT2D eigenvalue weighted by molar-refractivity contribution is 7.47. The molecular weight excluding hydrogens is 1440 g/mol. The summed E-state index contributed by atoms with van der Waals surface area (Å²) in [6, 6.07) is 0. The molecule has 0 bridgehead atoms. The number of ether oxygens (including phenoxy) is 4. The summed E-state index contributed by atoms with van der Waals surface area (Å²) < 4.78 is 69.1. The van der Waals surface area contributed by atoms with Gasteiger partial charge in [-0.1, -0.05) is 452 Å². The number of carbonyl (C=O) groups is 4. The number of aliphatic hydroxyl groups is 1. The molecule has 111 heavy (non-hydrogen) atoms. The zero-order valence-electron chi connectivity index (χ0n) is 73.1. The number of carbonyl (C=O) groups excluding carboxylic acids is 4. The van der Waals surface area contributed by atoms with Crippen molar-refractivity contribution in [2.45, 2.75) is 522 Å². The molecule has 0 amide bonds. The van der Waals surface area contributed by atoms with Crippen molar-refractivity contribution < 1.29 is 80.2 Å². The minimum Gasteiger partial charge on any atom is -0.462 e. The highest BCUT2D eigenvalue weighted by atomic mass is 31.2. The Bertz CT molecular complexity index is 2100. The van der Waals surface area contributed by atoms with Crippen LogP contribution in [-0.4, -0.2) is 96.7 Å². The molecule has 19 heteroatoms. The number of esters is 4. The van der Waals surface area contributed by atoms with Crippen LogP contribution < -0.4 is 0 Å². The van der Waals surface area contributed by atoms with Crippen LogP contribution in [0.25, 0.3) is 0 Å². The summed E-state index contributed by atoms with van der Waals surface area (Å²) in [5.74, 6) is -1.30. The molecule has 5 atom stereocenters. The van der Waals surface area contributed by atoms with Gasteiger partial charge in [-0.2, -0.15) is 0 Å². The van der Waals surface area contributed by atoms with Crippen molar-refractivity contribution in [3.8, 4) is 0 Å². The first kappa shape index (κ1) is 109. The standard InChI is InChI=1S/C92H180O17P2/c1-6-9-12-15-18-21-24-27-29-31-33-35-36-38-40-42-47-52-57-62-67-72-77-91(96)109-88(82-103-90(95)76-71-66-61-56-51-46-41-39-37-34-32-30-28-25-22-19-16-13-10-7-2)84-107-111(100,101)105-80-86(93)79-104-110(98,99)106-83-87(81-102-89(94)75-70-65-60-55-50-26-23-20-17-14-11-8-3)108-92(97)78-73-68-63-58-53-48-44-43-45-49-54-59-64-69-74-85(4)5/h85-88,93H,6-84H2,1-5H3,(H,98,99)(H,100,101)/t86-,87+,88+/m0/s1. The van der Waals surface area contributed by atoms with E-state index in [0.29, 0.717) is 25.7 Å². The van der Waals surface area contributed by atoms with Crippen LogP contribution in [0.4, 0.5) is 0 Å². The van der Waals surface area contributed by atoms with E-state index in [2.05, 4.69) is 34.6 Å². The van der Waals surface area contributed by atoms with E-state index in [0.717, 1.165) is 95.8 Å². The van der Waals surface area contributed by atoms with Crippen LogP contribution in [0.1, 0.15) is 503 Å². The summed E-state index contributed by atoms with van der Waals surface area (Å²) >= 11 is 0. The van der Waals surface area contributed by atoms with E-state index in [1.165, 1.54) is 327 Å². The van der Waals surface area contributed by atoms with Gasteiger partial charge < -0.3 is 33.8 Å². The van der Waals surface area contributed by atoms with Crippen LogP contribution in [0.5, 0.6) is 0 Å². The summed E-state index contributed by atoms with van der Waals surface area (Å²) in [5.41, 5.74) is 0. The third-order valence-electron chi connectivity index (χ3n) is 21.8. The topological polar surface area (TPSA) is 237 Å². The van der Waals surface area contributed by atoms with Crippen molar-refractivity contribution in [1.29, 1.82) is 0 Å². The maximum atomic E-state index is 13.2.